The number of benzene rings is 2. The molecule has 2 aromatic rings. The summed E-state index contributed by atoms with van der Waals surface area (Å²) in [6, 6.07) is 14.4. The zero-order valence-electron chi connectivity index (χ0n) is 16.0. The predicted molar refractivity (Wildman–Crippen MR) is 104 cm³/mol. The van der Waals surface area contributed by atoms with Crippen LogP contribution in [-0.4, -0.2) is 25.0 Å². The van der Waals surface area contributed by atoms with E-state index in [0.29, 0.717) is 29.6 Å². The zero-order chi connectivity index (χ0) is 19.6. The van der Waals surface area contributed by atoms with Crippen molar-refractivity contribution in [3.8, 4) is 11.5 Å². The quantitative estimate of drug-likeness (QED) is 0.698. The van der Waals surface area contributed by atoms with E-state index < -0.39 is 11.8 Å². The molecule has 27 heavy (non-hydrogen) atoms. The highest BCUT2D eigenvalue weighted by Crippen LogP contribution is 2.21. The molecular weight excluding hydrogens is 344 g/mol. The maximum atomic E-state index is 12.1. The maximum Gasteiger partial charge on any atom is 0.276 e. The summed E-state index contributed by atoms with van der Waals surface area (Å²) >= 11 is 0. The number of hydrazine groups is 1. The number of ether oxygens (including phenoxy) is 2. The van der Waals surface area contributed by atoms with Crippen LogP contribution >= 0.6 is 0 Å². The van der Waals surface area contributed by atoms with E-state index in [9.17, 15) is 9.59 Å². The first-order valence-corrected chi connectivity index (χ1v) is 9.08. The topological polar surface area (TPSA) is 76.7 Å². The van der Waals surface area contributed by atoms with Gasteiger partial charge in [0.05, 0.1) is 6.61 Å². The van der Waals surface area contributed by atoms with E-state index in [1.807, 2.05) is 31.2 Å². The summed E-state index contributed by atoms with van der Waals surface area (Å²) < 4.78 is 10.8. The molecule has 0 fully saturated rings. The van der Waals surface area contributed by atoms with Gasteiger partial charge in [0.1, 0.15) is 11.5 Å². The Bertz CT molecular complexity index is 759. The standard InChI is InChI=1S/C21H26N2O4/c1-4-15(3)16-9-11-18(12-10-16)27-14-20(24)22-23-21(25)17-7-6-8-19(13-17)26-5-2/h6-13,15H,4-5,14H2,1-3H3,(H,22,24)(H,23,25)/t15-/m0/s1. The van der Waals surface area contributed by atoms with Crippen LogP contribution in [0.2, 0.25) is 0 Å². The van der Waals surface area contributed by atoms with Crippen molar-refractivity contribution in [2.24, 2.45) is 0 Å². The summed E-state index contributed by atoms with van der Waals surface area (Å²) in [5, 5.41) is 0. The summed E-state index contributed by atoms with van der Waals surface area (Å²) in [4.78, 5) is 24.0. The molecule has 2 N–H and O–H groups in total. The third-order valence-electron chi connectivity index (χ3n) is 4.15. The van der Waals surface area contributed by atoms with Gasteiger partial charge in [0.2, 0.25) is 0 Å². The number of nitrogens with one attached hydrogen (secondary N) is 2. The molecule has 0 aromatic heterocycles. The molecule has 0 spiro atoms. The molecule has 0 heterocycles. The van der Waals surface area contributed by atoms with Gasteiger partial charge in [0.25, 0.3) is 11.8 Å². The molecule has 0 saturated heterocycles. The number of rotatable bonds is 8. The molecule has 144 valence electrons. The molecule has 2 aromatic carbocycles. The lowest BCUT2D eigenvalue weighted by atomic mass is 9.99. The molecule has 0 saturated carbocycles. The summed E-state index contributed by atoms with van der Waals surface area (Å²) in [7, 11) is 0. The highest BCUT2D eigenvalue weighted by Gasteiger charge is 2.09. The Morgan fingerprint density at radius 3 is 2.37 bits per heavy atom. The number of hydrogen-bond acceptors (Lipinski definition) is 4. The van der Waals surface area contributed by atoms with Gasteiger partial charge in [-0.15, -0.1) is 0 Å². The number of carbonyl (C=O) groups excluding carboxylic acids is 2. The van der Waals surface area contributed by atoms with E-state index in [-0.39, 0.29) is 6.61 Å². The Balaban J connectivity index is 1.79. The van der Waals surface area contributed by atoms with E-state index in [1.54, 1.807) is 24.3 Å². The van der Waals surface area contributed by atoms with Crippen LogP contribution in [0.5, 0.6) is 11.5 Å². The van der Waals surface area contributed by atoms with Crippen LogP contribution in [0.1, 0.15) is 49.0 Å². The molecular formula is C21H26N2O4. The lowest BCUT2D eigenvalue weighted by Crippen LogP contribution is -2.43. The number of amides is 2. The highest BCUT2D eigenvalue weighted by atomic mass is 16.5. The Morgan fingerprint density at radius 2 is 1.70 bits per heavy atom. The lowest BCUT2D eigenvalue weighted by Gasteiger charge is -2.11. The van der Waals surface area contributed by atoms with E-state index in [0.717, 1.165) is 6.42 Å². The Labute approximate surface area is 159 Å². The average Bonchev–Trinajstić information content (AvgIpc) is 2.70. The smallest absolute Gasteiger partial charge is 0.276 e. The van der Waals surface area contributed by atoms with E-state index in [1.165, 1.54) is 5.56 Å². The summed E-state index contributed by atoms with van der Waals surface area (Å²) in [6.45, 7) is 6.49. The third kappa shape index (κ3) is 6.33. The number of carbonyl (C=O) groups is 2. The minimum absolute atomic E-state index is 0.193. The third-order valence-corrected chi connectivity index (χ3v) is 4.15. The van der Waals surface area contributed by atoms with Gasteiger partial charge in [0.15, 0.2) is 6.61 Å². The van der Waals surface area contributed by atoms with Crippen molar-refractivity contribution >= 4 is 11.8 Å². The van der Waals surface area contributed by atoms with Gasteiger partial charge >= 0.3 is 0 Å². The van der Waals surface area contributed by atoms with Crippen LogP contribution in [0, 0.1) is 0 Å². The molecule has 0 unspecified atom stereocenters. The average molecular weight is 370 g/mol. The molecule has 2 rings (SSSR count). The van der Waals surface area contributed by atoms with E-state index in [2.05, 4.69) is 24.7 Å². The van der Waals surface area contributed by atoms with Gasteiger partial charge in [-0.1, -0.05) is 32.0 Å². The summed E-state index contributed by atoms with van der Waals surface area (Å²) in [6.07, 6.45) is 1.07. The zero-order valence-corrected chi connectivity index (χ0v) is 16.0. The molecule has 0 bridgehead atoms. The van der Waals surface area contributed by atoms with Crippen LogP contribution in [0.4, 0.5) is 0 Å². The van der Waals surface area contributed by atoms with Crippen LogP contribution in [0.25, 0.3) is 0 Å². The summed E-state index contributed by atoms with van der Waals surface area (Å²) in [5.41, 5.74) is 6.32. The van der Waals surface area contributed by atoms with Crippen molar-refractivity contribution < 1.29 is 19.1 Å². The fraction of sp³-hybridized carbons (Fsp3) is 0.333. The molecule has 0 aliphatic rings. The normalized spacial score (nSPS) is 11.4. The van der Waals surface area contributed by atoms with Crippen LogP contribution in [0.3, 0.4) is 0 Å². The second-order valence-electron chi connectivity index (χ2n) is 6.13. The first-order chi connectivity index (χ1) is 13.0. The van der Waals surface area contributed by atoms with Gasteiger partial charge in [-0.3, -0.25) is 20.4 Å². The lowest BCUT2D eigenvalue weighted by molar-refractivity contribution is -0.123. The van der Waals surface area contributed by atoms with Crippen LogP contribution in [-0.2, 0) is 4.79 Å². The van der Waals surface area contributed by atoms with Crippen molar-refractivity contribution in [2.45, 2.75) is 33.1 Å². The maximum absolute atomic E-state index is 12.1. The minimum Gasteiger partial charge on any atom is -0.494 e. The van der Waals surface area contributed by atoms with Crippen molar-refractivity contribution in [1.82, 2.24) is 10.9 Å². The van der Waals surface area contributed by atoms with Gasteiger partial charge < -0.3 is 9.47 Å². The Morgan fingerprint density at radius 1 is 0.963 bits per heavy atom. The predicted octanol–water partition coefficient (Wildman–Crippen LogP) is 3.44. The first kappa shape index (κ1) is 20.3. The Kier molecular flexibility index (Phi) is 7.67. The molecule has 1 atom stereocenters. The Hall–Kier alpha value is -3.02. The van der Waals surface area contributed by atoms with Crippen LogP contribution in [0.15, 0.2) is 48.5 Å². The van der Waals surface area contributed by atoms with Gasteiger partial charge in [-0.05, 0) is 55.2 Å². The molecule has 0 radical (unpaired) electrons. The second kappa shape index (κ2) is 10.2. The van der Waals surface area contributed by atoms with Gasteiger partial charge in [-0.25, -0.2) is 0 Å². The molecule has 2 amide bonds. The fourth-order valence-electron chi connectivity index (χ4n) is 2.41. The number of hydrogen-bond donors (Lipinski definition) is 2. The highest BCUT2D eigenvalue weighted by molar-refractivity contribution is 5.95. The largest absolute Gasteiger partial charge is 0.494 e. The molecule has 6 heteroatoms. The molecule has 0 aliphatic carbocycles. The SMILES string of the molecule is CCOc1cccc(C(=O)NNC(=O)COc2ccc([C@@H](C)CC)cc2)c1. The molecule has 6 nitrogen and oxygen atoms in total. The van der Waals surface area contributed by atoms with Gasteiger partial charge in [0, 0.05) is 5.56 Å². The van der Waals surface area contributed by atoms with Crippen LogP contribution < -0.4 is 20.3 Å². The second-order valence-corrected chi connectivity index (χ2v) is 6.13. The molecule has 0 aliphatic heterocycles. The van der Waals surface area contributed by atoms with Crippen molar-refractivity contribution in [3.63, 3.8) is 0 Å². The van der Waals surface area contributed by atoms with Crippen molar-refractivity contribution in [2.75, 3.05) is 13.2 Å². The van der Waals surface area contributed by atoms with Crippen molar-refractivity contribution in [1.29, 1.82) is 0 Å². The van der Waals surface area contributed by atoms with Crippen molar-refractivity contribution in [3.05, 3.63) is 59.7 Å². The van der Waals surface area contributed by atoms with E-state index >= 15 is 0 Å². The monoisotopic (exact) mass is 370 g/mol. The van der Waals surface area contributed by atoms with E-state index in [4.69, 9.17) is 9.47 Å². The minimum atomic E-state index is -0.449. The fourth-order valence-corrected chi connectivity index (χ4v) is 2.41. The first-order valence-electron chi connectivity index (χ1n) is 9.08. The van der Waals surface area contributed by atoms with Gasteiger partial charge in [-0.2, -0.15) is 0 Å². The summed E-state index contributed by atoms with van der Waals surface area (Å²) in [5.74, 6) is 0.811.